The molecule has 0 aliphatic carbocycles. The van der Waals surface area contributed by atoms with Crippen molar-refractivity contribution in [2.45, 2.75) is 0 Å². The van der Waals surface area contributed by atoms with E-state index < -0.39 is 23.9 Å². The van der Waals surface area contributed by atoms with Crippen LogP contribution in [-0.2, 0) is 19.1 Å². The topological polar surface area (TPSA) is 124 Å². The molecule has 0 amide bonds. The lowest BCUT2D eigenvalue weighted by Crippen LogP contribution is -2.10. The quantitative estimate of drug-likeness (QED) is 0.0483. The summed E-state index contributed by atoms with van der Waals surface area (Å²) in [6, 6.07) is 32.2. The van der Waals surface area contributed by atoms with E-state index >= 15 is 0 Å². The van der Waals surface area contributed by atoms with E-state index in [4.69, 9.17) is 40.0 Å². The third-order valence-electron chi connectivity index (χ3n) is 7.12. The molecule has 0 aromatic heterocycles. The predicted molar refractivity (Wildman–Crippen MR) is 189 cm³/mol. The highest BCUT2D eigenvalue weighted by molar-refractivity contribution is 6.32. The first-order valence-electron chi connectivity index (χ1n) is 15.2. The van der Waals surface area contributed by atoms with Crippen molar-refractivity contribution in [3.8, 4) is 45.3 Å². The minimum absolute atomic E-state index is 0.0773. The van der Waals surface area contributed by atoms with Gasteiger partial charge in [-0.3, -0.25) is 0 Å². The van der Waals surface area contributed by atoms with Crippen LogP contribution in [0.15, 0.2) is 141 Å². The Labute approximate surface area is 298 Å². The van der Waals surface area contributed by atoms with Crippen LogP contribution in [0.25, 0.3) is 22.3 Å². The molecule has 256 valence electrons. The number of hydrogen-bond acceptors (Lipinski definition) is 10. The van der Waals surface area contributed by atoms with Gasteiger partial charge in [-0.2, -0.15) is 0 Å². The van der Waals surface area contributed by atoms with Gasteiger partial charge in [0.05, 0.1) is 16.1 Å². The van der Waals surface area contributed by atoms with Gasteiger partial charge >= 0.3 is 23.9 Å². The molecular weight excluding hydrogens is 676 g/mol. The van der Waals surface area contributed by atoms with E-state index in [0.29, 0.717) is 22.6 Å². The van der Waals surface area contributed by atoms with Crippen molar-refractivity contribution in [3.63, 3.8) is 0 Å². The van der Waals surface area contributed by atoms with Gasteiger partial charge in [0.1, 0.15) is 23.0 Å². The lowest BCUT2D eigenvalue weighted by atomic mass is 10.0. The summed E-state index contributed by atoms with van der Waals surface area (Å²) in [7, 11) is 0. The number of halogens is 1. The molecule has 51 heavy (non-hydrogen) atoms. The normalized spacial score (nSPS) is 10.3. The molecule has 0 bridgehead atoms. The van der Waals surface area contributed by atoms with Crippen LogP contribution < -0.4 is 18.9 Å². The Kier molecular flexibility index (Phi) is 12.0. The molecule has 0 N–H and O–H groups in total. The lowest BCUT2D eigenvalue weighted by Gasteiger charge is -2.10. The van der Waals surface area contributed by atoms with Gasteiger partial charge in [-0.1, -0.05) is 73.3 Å². The molecule has 0 radical (unpaired) electrons. The van der Waals surface area contributed by atoms with Crippen molar-refractivity contribution in [2.75, 3.05) is 13.6 Å². The van der Waals surface area contributed by atoms with Gasteiger partial charge in [-0.05, 0) is 82.9 Å². The third-order valence-corrected chi connectivity index (χ3v) is 7.42. The maximum absolute atomic E-state index is 12.8. The summed E-state index contributed by atoms with van der Waals surface area (Å²) in [5.74, 6) is -1.08. The minimum Gasteiger partial charge on any atom is -0.457 e. The SMILES string of the molecule is C=CC(=O)OCOc1ccc(-c2ccc(C(=O)Oc3ccc(OC(=O)c4ccc(-c5ccc(OCOC(=O)C=C)cc5)cc4)c(Cl)c3)cc2)cc1. The Hall–Kier alpha value is -6.65. The standard InChI is InChI=1S/C40H29ClO10/c1-3-37(42)48-24-46-32-17-13-28(14-18-32)26-5-9-30(10-6-26)39(44)50-34-21-22-36(35(41)23-34)51-40(45)31-11-7-27(8-12-31)29-15-19-33(20-16-29)47-25-49-38(43)4-2/h3-23H,1-2,24-25H2. The maximum Gasteiger partial charge on any atom is 0.343 e. The fourth-order valence-electron chi connectivity index (χ4n) is 4.47. The highest BCUT2D eigenvalue weighted by atomic mass is 35.5. The molecule has 0 heterocycles. The van der Waals surface area contributed by atoms with E-state index in [-0.39, 0.29) is 30.1 Å². The Morgan fingerprint density at radius 2 is 0.882 bits per heavy atom. The van der Waals surface area contributed by atoms with E-state index in [1.807, 2.05) is 24.3 Å². The van der Waals surface area contributed by atoms with E-state index in [0.717, 1.165) is 34.4 Å². The van der Waals surface area contributed by atoms with Gasteiger partial charge in [0.25, 0.3) is 0 Å². The summed E-state index contributed by atoms with van der Waals surface area (Å²) in [6.07, 6.45) is 2.10. The first-order valence-corrected chi connectivity index (χ1v) is 15.6. The largest absolute Gasteiger partial charge is 0.457 e. The van der Waals surface area contributed by atoms with Crippen molar-refractivity contribution >= 4 is 35.5 Å². The highest BCUT2D eigenvalue weighted by Gasteiger charge is 2.15. The van der Waals surface area contributed by atoms with Crippen LogP contribution in [0.1, 0.15) is 20.7 Å². The molecule has 0 atom stereocenters. The minimum atomic E-state index is -0.623. The van der Waals surface area contributed by atoms with Gasteiger partial charge < -0.3 is 28.4 Å². The second-order valence-corrected chi connectivity index (χ2v) is 10.8. The summed E-state index contributed by atoms with van der Waals surface area (Å²) in [5, 5.41) is 0.0773. The molecule has 0 fully saturated rings. The van der Waals surface area contributed by atoms with Crippen LogP contribution in [0.4, 0.5) is 0 Å². The Balaban J connectivity index is 1.12. The zero-order chi connectivity index (χ0) is 36.2. The van der Waals surface area contributed by atoms with Gasteiger partial charge in [0, 0.05) is 18.2 Å². The van der Waals surface area contributed by atoms with Crippen LogP contribution in [0.5, 0.6) is 23.0 Å². The fourth-order valence-corrected chi connectivity index (χ4v) is 4.68. The number of rotatable bonds is 14. The van der Waals surface area contributed by atoms with E-state index in [1.165, 1.54) is 18.2 Å². The van der Waals surface area contributed by atoms with Crippen molar-refractivity contribution in [3.05, 3.63) is 157 Å². The molecule has 5 aromatic rings. The number of ether oxygens (including phenoxy) is 6. The first kappa shape index (κ1) is 35.7. The van der Waals surface area contributed by atoms with Crippen LogP contribution in [-0.4, -0.2) is 37.5 Å². The monoisotopic (exact) mass is 704 g/mol. The second kappa shape index (κ2) is 17.1. The number of esters is 4. The molecule has 11 heteroatoms. The van der Waals surface area contributed by atoms with E-state index in [9.17, 15) is 19.2 Å². The Bertz CT molecular complexity index is 2040. The predicted octanol–water partition coefficient (Wildman–Crippen LogP) is 8.24. The number of hydrogen-bond donors (Lipinski definition) is 0. The fraction of sp³-hybridized carbons (Fsp3) is 0.0500. The van der Waals surface area contributed by atoms with Crippen LogP contribution in [0.3, 0.4) is 0 Å². The number of benzene rings is 5. The zero-order valence-corrected chi connectivity index (χ0v) is 27.7. The average Bonchev–Trinajstić information content (AvgIpc) is 3.16. The van der Waals surface area contributed by atoms with Gasteiger partial charge in [-0.25, -0.2) is 19.2 Å². The molecule has 0 spiro atoms. The summed E-state index contributed by atoms with van der Waals surface area (Å²) in [4.78, 5) is 47.9. The van der Waals surface area contributed by atoms with Crippen LogP contribution >= 0.6 is 11.6 Å². The third kappa shape index (κ3) is 9.94. The first-order chi connectivity index (χ1) is 24.7. The highest BCUT2D eigenvalue weighted by Crippen LogP contribution is 2.31. The van der Waals surface area contributed by atoms with Crippen LogP contribution in [0, 0.1) is 0 Å². The molecule has 5 aromatic carbocycles. The zero-order valence-electron chi connectivity index (χ0n) is 26.9. The summed E-state index contributed by atoms with van der Waals surface area (Å²) >= 11 is 6.37. The Morgan fingerprint density at radius 3 is 1.27 bits per heavy atom. The average molecular weight is 705 g/mol. The molecule has 0 saturated carbocycles. The molecule has 0 unspecified atom stereocenters. The Morgan fingerprint density at radius 1 is 0.510 bits per heavy atom. The molecular formula is C40H29ClO10. The van der Waals surface area contributed by atoms with Crippen molar-refractivity contribution in [2.24, 2.45) is 0 Å². The summed E-state index contributed by atoms with van der Waals surface area (Å²) < 4.78 is 31.3. The van der Waals surface area contributed by atoms with E-state index in [2.05, 4.69) is 13.2 Å². The number of carbonyl (C=O) groups is 4. The van der Waals surface area contributed by atoms with E-state index in [1.54, 1.807) is 72.8 Å². The van der Waals surface area contributed by atoms with Gasteiger partial charge in [-0.15, -0.1) is 0 Å². The molecule has 10 nitrogen and oxygen atoms in total. The van der Waals surface area contributed by atoms with Crippen molar-refractivity contribution < 1.29 is 47.6 Å². The lowest BCUT2D eigenvalue weighted by molar-refractivity contribution is -0.145. The molecule has 5 rings (SSSR count). The maximum atomic E-state index is 12.8. The molecule has 0 aliphatic heterocycles. The molecule has 0 aliphatic rings. The van der Waals surface area contributed by atoms with Gasteiger partial charge in [0.2, 0.25) is 13.6 Å². The summed E-state index contributed by atoms with van der Waals surface area (Å²) in [6.45, 7) is 6.18. The summed E-state index contributed by atoms with van der Waals surface area (Å²) in [5.41, 5.74) is 4.06. The van der Waals surface area contributed by atoms with Gasteiger partial charge in [0.15, 0.2) is 0 Å². The smallest absolute Gasteiger partial charge is 0.343 e. The van der Waals surface area contributed by atoms with Crippen molar-refractivity contribution in [1.29, 1.82) is 0 Å². The molecule has 0 saturated heterocycles. The number of carbonyl (C=O) groups excluding carboxylic acids is 4. The second-order valence-electron chi connectivity index (χ2n) is 10.4. The van der Waals surface area contributed by atoms with Crippen molar-refractivity contribution in [1.82, 2.24) is 0 Å². The van der Waals surface area contributed by atoms with Crippen LogP contribution in [0.2, 0.25) is 5.02 Å².